The van der Waals surface area contributed by atoms with Gasteiger partial charge in [0, 0.05) is 30.9 Å². The first-order valence-electron chi connectivity index (χ1n) is 18.7. The lowest BCUT2D eigenvalue weighted by Crippen LogP contribution is -2.45. The molecule has 1 aliphatic heterocycles. The molecule has 4 aliphatic rings. The van der Waals surface area contributed by atoms with Gasteiger partial charge in [-0.15, -0.1) is 0 Å². The second kappa shape index (κ2) is 13.4. The number of methoxy groups -OCH3 is 1. The number of nitrogens with zero attached hydrogens (tertiary/aromatic N) is 2. The van der Waals surface area contributed by atoms with Gasteiger partial charge in [-0.25, -0.2) is 0 Å². The fourth-order valence-corrected chi connectivity index (χ4v) is 10.3. The zero-order valence-corrected chi connectivity index (χ0v) is 29.7. The van der Waals surface area contributed by atoms with Gasteiger partial charge < -0.3 is 19.1 Å². The van der Waals surface area contributed by atoms with Crippen molar-refractivity contribution >= 4 is 5.91 Å². The molecular weight excluding hydrogens is 620 g/mol. The van der Waals surface area contributed by atoms with E-state index >= 15 is 4.79 Å². The molecule has 5 atom stereocenters. The Morgan fingerprint density at radius 2 is 1.60 bits per heavy atom. The first-order chi connectivity index (χ1) is 24.4. The number of fused-ring (bicyclic) bond motifs is 1. The van der Waals surface area contributed by atoms with Gasteiger partial charge in [-0.05, 0) is 127 Å². The molecule has 3 saturated carbocycles. The Morgan fingerprint density at radius 1 is 0.860 bits per heavy atom. The van der Waals surface area contributed by atoms with Crippen molar-refractivity contribution in [2.75, 3.05) is 13.7 Å². The van der Waals surface area contributed by atoms with Crippen molar-refractivity contribution < 1.29 is 19.0 Å². The summed E-state index contributed by atoms with van der Waals surface area (Å²) in [5.41, 5.74) is 4.68. The van der Waals surface area contributed by atoms with E-state index < -0.39 is 5.92 Å². The van der Waals surface area contributed by atoms with Gasteiger partial charge in [-0.2, -0.15) is 0 Å². The standard InChI is InChI=1S/C44H50N2O4/c1-43(2)34-19-22-44(43)23-26-46(39(44)28-34)42(47)41(32-20-24-45-25-21-32)40(31-13-16-35(17-14-31)49-29-30-9-5-4-6-10-30)33-15-18-37(48-3)38(27-33)50-36-11-7-8-12-36/h4-6,9-10,13-18,20-21,24-25,27,34,36,39-41H,7-8,11-12,19,22-23,26,28-29H2,1-3H3/t34?,39?,40-,41?,44+/m1/s1. The Morgan fingerprint density at radius 3 is 2.32 bits per heavy atom. The maximum atomic E-state index is 15.4. The van der Waals surface area contributed by atoms with E-state index in [0.717, 1.165) is 71.7 Å². The van der Waals surface area contributed by atoms with E-state index in [1.54, 1.807) is 7.11 Å². The molecule has 3 unspecified atom stereocenters. The zero-order chi connectivity index (χ0) is 34.3. The summed E-state index contributed by atoms with van der Waals surface area (Å²) in [7, 11) is 1.70. The molecule has 1 amide bonds. The van der Waals surface area contributed by atoms with Crippen molar-refractivity contribution in [2.24, 2.45) is 16.7 Å². The Kier molecular flexibility index (Phi) is 8.82. The quantitative estimate of drug-likeness (QED) is 0.159. The highest BCUT2D eigenvalue weighted by Gasteiger charge is 2.68. The van der Waals surface area contributed by atoms with Gasteiger partial charge >= 0.3 is 0 Å². The van der Waals surface area contributed by atoms with Crippen LogP contribution >= 0.6 is 0 Å². The molecule has 4 fully saturated rings. The third-order valence-electron chi connectivity index (χ3n) is 13.1. The van der Waals surface area contributed by atoms with E-state index in [9.17, 15) is 0 Å². The van der Waals surface area contributed by atoms with Crippen LogP contribution in [-0.4, -0.2) is 41.6 Å². The highest BCUT2D eigenvalue weighted by atomic mass is 16.5. The molecule has 260 valence electrons. The molecule has 6 nitrogen and oxygen atoms in total. The number of benzene rings is 3. The summed E-state index contributed by atoms with van der Waals surface area (Å²) in [5.74, 6) is 2.45. The number of rotatable bonds is 11. The monoisotopic (exact) mass is 670 g/mol. The van der Waals surface area contributed by atoms with Crippen molar-refractivity contribution in [3.8, 4) is 17.2 Å². The fraction of sp³-hybridized carbons (Fsp3) is 0.455. The van der Waals surface area contributed by atoms with E-state index in [1.807, 2.05) is 60.9 Å². The van der Waals surface area contributed by atoms with Crippen molar-refractivity contribution in [1.29, 1.82) is 0 Å². The average Bonchev–Trinajstić information content (AvgIpc) is 3.91. The smallest absolute Gasteiger partial charge is 0.231 e. The topological polar surface area (TPSA) is 60.9 Å². The minimum Gasteiger partial charge on any atom is -0.493 e. The SMILES string of the molecule is COc1ccc([C@@H](c2ccc(OCc3ccccc3)cc2)C(C(=O)N2CC[C@@]34CCC(CC23)C4(C)C)c2ccncc2)cc1OC1CCCC1. The number of carbonyl (C=O) groups is 1. The number of hydrogen-bond donors (Lipinski definition) is 0. The van der Waals surface area contributed by atoms with Crippen LogP contribution in [-0.2, 0) is 11.4 Å². The largest absolute Gasteiger partial charge is 0.493 e. The maximum Gasteiger partial charge on any atom is 0.231 e. The Bertz CT molecular complexity index is 1790. The summed E-state index contributed by atoms with van der Waals surface area (Å²) in [4.78, 5) is 22.1. The normalized spacial score (nSPS) is 24.9. The predicted molar refractivity (Wildman–Crippen MR) is 196 cm³/mol. The first kappa shape index (κ1) is 32.9. The molecule has 2 heterocycles. The maximum absolute atomic E-state index is 15.4. The van der Waals surface area contributed by atoms with E-state index in [2.05, 4.69) is 60.1 Å². The Hall–Kier alpha value is -4.32. The number of amides is 1. The molecule has 0 radical (unpaired) electrons. The summed E-state index contributed by atoms with van der Waals surface area (Å²) in [6.45, 7) is 6.25. The van der Waals surface area contributed by atoms with Gasteiger partial charge in [0.05, 0.1) is 19.1 Å². The molecule has 8 rings (SSSR count). The van der Waals surface area contributed by atoms with Crippen LogP contribution < -0.4 is 14.2 Å². The molecule has 2 bridgehead atoms. The molecule has 50 heavy (non-hydrogen) atoms. The van der Waals surface area contributed by atoms with Gasteiger partial charge in [-0.1, -0.05) is 62.4 Å². The van der Waals surface area contributed by atoms with Gasteiger partial charge in [0.25, 0.3) is 0 Å². The van der Waals surface area contributed by atoms with Crippen LogP contribution in [0.15, 0.2) is 97.3 Å². The van der Waals surface area contributed by atoms with Crippen LogP contribution in [0.1, 0.15) is 99.3 Å². The van der Waals surface area contributed by atoms with Crippen molar-refractivity contribution in [2.45, 2.75) is 95.8 Å². The number of likely N-dealkylation sites (tertiary alicyclic amines) is 1. The minimum atomic E-state index is -0.445. The molecular formula is C44H50N2O4. The first-order valence-corrected chi connectivity index (χ1v) is 18.7. The lowest BCUT2D eigenvalue weighted by Gasteiger charge is -2.40. The lowest BCUT2D eigenvalue weighted by atomic mass is 9.67. The van der Waals surface area contributed by atoms with Crippen molar-refractivity contribution in [3.05, 3.63) is 120 Å². The Labute approximate surface area is 297 Å². The Balaban J connectivity index is 1.20. The summed E-state index contributed by atoms with van der Waals surface area (Å²) in [6, 6.07) is 29.2. The van der Waals surface area contributed by atoms with Crippen LogP contribution in [0.25, 0.3) is 0 Å². The molecule has 3 aliphatic carbocycles. The molecule has 3 aromatic carbocycles. The molecule has 4 aromatic rings. The molecule has 1 saturated heterocycles. The third-order valence-corrected chi connectivity index (χ3v) is 13.1. The van der Waals surface area contributed by atoms with Crippen molar-refractivity contribution in [1.82, 2.24) is 9.88 Å². The zero-order valence-electron chi connectivity index (χ0n) is 29.7. The fourth-order valence-electron chi connectivity index (χ4n) is 10.3. The summed E-state index contributed by atoms with van der Waals surface area (Å²) in [6.07, 6.45) is 13.0. The second-order valence-corrected chi connectivity index (χ2v) is 15.7. The van der Waals surface area contributed by atoms with Crippen LogP contribution in [0.4, 0.5) is 0 Å². The lowest BCUT2D eigenvalue weighted by molar-refractivity contribution is -0.135. The van der Waals surface area contributed by atoms with E-state index in [0.29, 0.717) is 18.6 Å². The van der Waals surface area contributed by atoms with E-state index in [-0.39, 0.29) is 28.8 Å². The van der Waals surface area contributed by atoms with Crippen molar-refractivity contribution in [3.63, 3.8) is 0 Å². The van der Waals surface area contributed by atoms with Gasteiger partial charge in [-0.3, -0.25) is 9.78 Å². The minimum absolute atomic E-state index is 0.179. The van der Waals surface area contributed by atoms with Crippen LogP contribution in [0.2, 0.25) is 0 Å². The van der Waals surface area contributed by atoms with Crippen LogP contribution in [0, 0.1) is 16.7 Å². The number of hydrogen-bond acceptors (Lipinski definition) is 5. The molecule has 0 N–H and O–H groups in total. The average molecular weight is 671 g/mol. The molecule has 1 spiro atoms. The van der Waals surface area contributed by atoms with E-state index in [1.165, 1.54) is 25.7 Å². The molecule has 6 heteroatoms. The number of pyridine rings is 1. The summed E-state index contributed by atoms with van der Waals surface area (Å²) < 4.78 is 18.6. The van der Waals surface area contributed by atoms with E-state index in [4.69, 9.17) is 14.2 Å². The number of carbonyl (C=O) groups excluding carboxylic acids is 1. The second-order valence-electron chi connectivity index (χ2n) is 15.7. The summed E-state index contributed by atoms with van der Waals surface area (Å²) >= 11 is 0. The van der Waals surface area contributed by atoms with Crippen LogP contribution in [0.5, 0.6) is 17.2 Å². The number of ether oxygens (including phenoxy) is 3. The van der Waals surface area contributed by atoms with Gasteiger partial charge in [0.15, 0.2) is 11.5 Å². The number of aromatic nitrogens is 1. The highest BCUT2D eigenvalue weighted by Crippen LogP contribution is 2.70. The van der Waals surface area contributed by atoms with Crippen LogP contribution in [0.3, 0.4) is 0 Å². The van der Waals surface area contributed by atoms with Gasteiger partial charge in [0.2, 0.25) is 5.91 Å². The highest BCUT2D eigenvalue weighted by molar-refractivity contribution is 5.86. The third kappa shape index (κ3) is 5.75. The predicted octanol–water partition coefficient (Wildman–Crippen LogP) is 9.33. The summed E-state index contributed by atoms with van der Waals surface area (Å²) in [5, 5.41) is 0. The van der Waals surface area contributed by atoms with Gasteiger partial charge in [0.1, 0.15) is 12.4 Å². The molecule has 1 aromatic heterocycles.